The van der Waals surface area contributed by atoms with Crippen molar-refractivity contribution in [3.8, 4) is 0 Å². The van der Waals surface area contributed by atoms with Crippen LogP contribution in [0.3, 0.4) is 0 Å². The fourth-order valence-corrected chi connectivity index (χ4v) is 0.998. The fraction of sp³-hybridized carbons (Fsp3) is 0.667. The Morgan fingerprint density at radius 1 is 1.54 bits per heavy atom. The zero-order chi connectivity index (χ0) is 8.97. The Bertz CT molecular complexity index is 233. The second-order valence-electron chi connectivity index (χ2n) is 3.48. The third-order valence-electron chi connectivity index (χ3n) is 1.74. The molecule has 3 nitrogen and oxygen atoms in total. The van der Waals surface area contributed by atoms with Gasteiger partial charge in [-0.1, -0.05) is 13.8 Å². The van der Waals surface area contributed by atoms with Gasteiger partial charge in [0.05, 0.1) is 0 Å². The summed E-state index contributed by atoms with van der Waals surface area (Å²) >= 11 is 0. The third-order valence-corrected chi connectivity index (χ3v) is 1.74. The van der Waals surface area contributed by atoms with Crippen LogP contribution in [0.15, 0.2) is 12.3 Å². The van der Waals surface area contributed by atoms with Crippen LogP contribution in [0.25, 0.3) is 0 Å². The van der Waals surface area contributed by atoms with Gasteiger partial charge in [-0.3, -0.25) is 4.68 Å². The van der Waals surface area contributed by atoms with Crippen LogP contribution in [0, 0.1) is 5.92 Å². The second kappa shape index (κ2) is 5.86. The van der Waals surface area contributed by atoms with E-state index in [1.165, 1.54) is 6.42 Å². The number of hydrogen-bond donors (Lipinski definition) is 1. The molecule has 76 valence electrons. The first-order valence-corrected chi connectivity index (χ1v) is 4.42. The monoisotopic (exact) mass is 203 g/mol. The van der Waals surface area contributed by atoms with Gasteiger partial charge in [0.1, 0.15) is 5.82 Å². The van der Waals surface area contributed by atoms with E-state index in [2.05, 4.69) is 24.3 Å². The van der Waals surface area contributed by atoms with Gasteiger partial charge >= 0.3 is 0 Å². The first kappa shape index (κ1) is 12.3. The maximum absolute atomic E-state index is 4.21. The van der Waals surface area contributed by atoms with E-state index in [0.29, 0.717) is 0 Å². The summed E-state index contributed by atoms with van der Waals surface area (Å²) < 4.78 is 1.80. The molecule has 0 radical (unpaired) electrons. The number of nitrogens with one attached hydrogen (secondary N) is 1. The number of nitrogens with zero attached hydrogens (tertiary/aromatic N) is 2. The van der Waals surface area contributed by atoms with Gasteiger partial charge < -0.3 is 5.32 Å². The van der Waals surface area contributed by atoms with Gasteiger partial charge in [0.2, 0.25) is 0 Å². The van der Waals surface area contributed by atoms with Crippen molar-refractivity contribution < 1.29 is 0 Å². The van der Waals surface area contributed by atoms with E-state index in [1.54, 1.807) is 4.68 Å². The summed E-state index contributed by atoms with van der Waals surface area (Å²) in [5.74, 6) is 1.72. The van der Waals surface area contributed by atoms with E-state index < -0.39 is 0 Å². The molecule has 0 bridgehead atoms. The van der Waals surface area contributed by atoms with Gasteiger partial charge in [0, 0.05) is 25.9 Å². The van der Waals surface area contributed by atoms with E-state index in [9.17, 15) is 0 Å². The van der Waals surface area contributed by atoms with E-state index in [-0.39, 0.29) is 12.4 Å². The number of anilines is 1. The van der Waals surface area contributed by atoms with Gasteiger partial charge in [-0.25, -0.2) is 0 Å². The fourth-order valence-electron chi connectivity index (χ4n) is 0.998. The van der Waals surface area contributed by atoms with Crippen LogP contribution >= 0.6 is 12.4 Å². The van der Waals surface area contributed by atoms with Crippen LogP contribution in [0.1, 0.15) is 20.3 Å². The van der Waals surface area contributed by atoms with Crippen molar-refractivity contribution in [1.29, 1.82) is 0 Å². The Kier molecular flexibility index (Phi) is 5.55. The zero-order valence-electron chi connectivity index (χ0n) is 8.45. The van der Waals surface area contributed by atoms with Crippen molar-refractivity contribution in [1.82, 2.24) is 9.78 Å². The highest BCUT2D eigenvalue weighted by atomic mass is 35.5. The lowest BCUT2D eigenvalue weighted by Crippen LogP contribution is -2.05. The van der Waals surface area contributed by atoms with Crippen LogP contribution in [0.4, 0.5) is 5.82 Å². The largest absolute Gasteiger partial charge is 0.369 e. The Morgan fingerprint density at radius 3 is 2.69 bits per heavy atom. The van der Waals surface area contributed by atoms with Gasteiger partial charge in [-0.05, 0) is 12.3 Å². The number of hydrogen-bond acceptors (Lipinski definition) is 2. The molecule has 1 rings (SSSR count). The van der Waals surface area contributed by atoms with Crippen LogP contribution in [0.2, 0.25) is 0 Å². The lowest BCUT2D eigenvalue weighted by molar-refractivity contribution is 0.606. The smallest absolute Gasteiger partial charge is 0.147 e. The molecule has 1 heterocycles. The topological polar surface area (TPSA) is 29.9 Å². The van der Waals surface area contributed by atoms with Gasteiger partial charge in [0.25, 0.3) is 0 Å². The van der Waals surface area contributed by atoms with Crippen molar-refractivity contribution in [2.75, 3.05) is 11.9 Å². The molecule has 1 N–H and O–H groups in total. The predicted molar refractivity (Wildman–Crippen MR) is 58.4 cm³/mol. The van der Waals surface area contributed by atoms with E-state index in [4.69, 9.17) is 0 Å². The average Bonchev–Trinajstić information content (AvgIpc) is 2.35. The summed E-state index contributed by atoms with van der Waals surface area (Å²) in [7, 11) is 1.92. The molecule has 0 fully saturated rings. The summed E-state index contributed by atoms with van der Waals surface area (Å²) in [6.45, 7) is 5.45. The summed E-state index contributed by atoms with van der Waals surface area (Å²) in [6, 6.07) is 1.99. The highest BCUT2D eigenvalue weighted by molar-refractivity contribution is 5.85. The van der Waals surface area contributed by atoms with Crippen LogP contribution < -0.4 is 5.32 Å². The van der Waals surface area contributed by atoms with Gasteiger partial charge in [-0.2, -0.15) is 5.10 Å². The number of aryl methyl sites for hydroxylation is 1. The predicted octanol–water partition coefficient (Wildman–Crippen LogP) is 2.30. The molecule has 13 heavy (non-hydrogen) atoms. The average molecular weight is 204 g/mol. The molecule has 0 aliphatic carbocycles. The van der Waals surface area contributed by atoms with Crippen molar-refractivity contribution >= 4 is 18.2 Å². The highest BCUT2D eigenvalue weighted by Crippen LogP contribution is 2.03. The lowest BCUT2D eigenvalue weighted by Gasteiger charge is -2.04. The molecule has 1 aromatic rings. The molecule has 0 amide bonds. The molecule has 0 aliphatic rings. The lowest BCUT2D eigenvalue weighted by atomic mass is 10.1. The van der Waals surface area contributed by atoms with Crippen molar-refractivity contribution in [2.45, 2.75) is 20.3 Å². The molecule has 0 saturated carbocycles. The van der Waals surface area contributed by atoms with Gasteiger partial charge in [0.15, 0.2) is 0 Å². The second-order valence-corrected chi connectivity index (χ2v) is 3.48. The van der Waals surface area contributed by atoms with E-state index in [1.807, 2.05) is 19.3 Å². The highest BCUT2D eigenvalue weighted by Gasteiger charge is 1.96. The third kappa shape index (κ3) is 4.78. The first-order chi connectivity index (χ1) is 5.68. The van der Waals surface area contributed by atoms with Gasteiger partial charge in [-0.15, -0.1) is 12.4 Å². The minimum Gasteiger partial charge on any atom is -0.369 e. The molecule has 0 spiro atoms. The molecule has 0 aromatic carbocycles. The number of halogens is 1. The maximum Gasteiger partial charge on any atom is 0.147 e. The van der Waals surface area contributed by atoms with Crippen molar-refractivity contribution in [2.24, 2.45) is 13.0 Å². The molecule has 1 aromatic heterocycles. The summed E-state index contributed by atoms with van der Waals surface area (Å²) in [4.78, 5) is 0. The molecule has 0 unspecified atom stereocenters. The Labute approximate surface area is 85.9 Å². The molecular weight excluding hydrogens is 186 g/mol. The SMILES string of the molecule is CC(C)CCNc1ccn(C)n1.Cl. The number of aromatic nitrogens is 2. The van der Waals surface area contributed by atoms with Crippen molar-refractivity contribution in [3.63, 3.8) is 0 Å². The maximum atomic E-state index is 4.21. The van der Waals surface area contributed by atoms with Crippen LogP contribution in [-0.2, 0) is 7.05 Å². The molecule has 0 aliphatic heterocycles. The van der Waals surface area contributed by atoms with Crippen LogP contribution in [-0.4, -0.2) is 16.3 Å². The zero-order valence-corrected chi connectivity index (χ0v) is 9.27. The molecular formula is C9H18ClN3. The number of rotatable bonds is 4. The first-order valence-electron chi connectivity index (χ1n) is 4.42. The minimum atomic E-state index is 0. The normalized spacial score (nSPS) is 9.85. The van der Waals surface area contributed by atoms with Crippen molar-refractivity contribution in [3.05, 3.63) is 12.3 Å². The summed E-state index contributed by atoms with van der Waals surface area (Å²) in [6.07, 6.45) is 3.13. The Balaban J connectivity index is 0.00000144. The quantitative estimate of drug-likeness (QED) is 0.814. The van der Waals surface area contributed by atoms with Crippen LogP contribution in [0.5, 0.6) is 0 Å². The Hall–Kier alpha value is -0.700. The van der Waals surface area contributed by atoms with E-state index in [0.717, 1.165) is 18.3 Å². The molecule has 0 saturated heterocycles. The minimum absolute atomic E-state index is 0. The standard InChI is InChI=1S/C9H17N3.ClH/c1-8(2)4-6-10-9-5-7-12(3)11-9;/h5,7-8H,4,6H2,1-3H3,(H,10,11);1H. The molecule has 4 heteroatoms. The van der Waals surface area contributed by atoms with E-state index >= 15 is 0 Å². The molecule has 0 atom stereocenters. The Morgan fingerprint density at radius 2 is 2.23 bits per heavy atom. The summed E-state index contributed by atoms with van der Waals surface area (Å²) in [5, 5.41) is 7.48. The summed E-state index contributed by atoms with van der Waals surface area (Å²) in [5.41, 5.74) is 0.